The lowest BCUT2D eigenvalue weighted by atomic mass is 9.95. The van der Waals surface area contributed by atoms with Gasteiger partial charge in [0.15, 0.2) is 0 Å². The van der Waals surface area contributed by atoms with E-state index in [1.807, 2.05) is 12.3 Å². The molecule has 1 N–H and O–H groups in total. The molecule has 3 heteroatoms. The summed E-state index contributed by atoms with van der Waals surface area (Å²) >= 11 is 0. The fraction of sp³-hybridized carbons (Fsp3) is 0.500. The first-order chi connectivity index (χ1) is 10.3. The molecular formula is C18H26N2O. The van der Waals surface area contributed by atoms with E-state index in [9.17, 15) is 0 Å². The molecule has 0 aliphatic carbocycles. The molecule has 0 bridgehead atoms. The van der Waals surface area contributed by atoms with E-state index in [1.54, 1.807) is 0 Å². The largest absolute Gasteiger partial charge is 0.377 e. The topological polar surface area (TPSA) is 34.1 Å². The first-order valence-corrected chi connectivity index (χ1v) is 8.00. The van der Waals surface area contributed by atoms with Crippen molar-refractivity contribution in [2.45, 2.75) is 45.8 Å². The molecule has 1 aromatic heterocycles. The third-order valence-electron chi connectivity index (χ3n) is 3.75. The van der Waals surface area contributed by atoms with E-state index in [0.717, 1.165) is 31.5 Å². The Hall–Kier alpha value is -1.45. The van der Waals surface area contributed by atoms with Gasteiger partial charge in [-0.05, 0) is 31.5 Å². The molecule has 0 saturated carbocycles. The number of hydrogen-bond donors (Lipinski definition) is 1. The Labute approximate surface area is 127 Å². The van der Waals surface area contributed by atoms with Crippen LogP contribution in [0.4, 0.5) is 0 Å². The molecule has 0 amide bonds. The summed E-state index contributed by atoms with van der Waals surface area (Å²) in [7, 11) is 0. The van der Waals surface area contributed by atoms with Crippen molar-refractivity contribution in [1.82, 2.24) is 10.3 Å². The monoisotopic (exact) mass is 286 g/mol. The molecule has 2 aromatic rings. The van der Waals surface area contributed by atoms with Crippen LogP contribution in [0.15, 0.2) is 36.5 Å². The lowest BCUT2D eigenvalue weighted by Gasteiger charge is -2.28. The van der Waals surface area contributed by atoms with E-state index in [4.69, 9.17) is 4.74 Å². The molecular weight excluding hydrogens is 260 g/mol. The van der Waals surface area contributed by atoms with Gasteiger partial charge in [0, 0.05) is 18.2 Å². The van der Waals surface area contributed by atoms with Gasteiger partial charge in [-0.1, -0.05) is 44.5 Å². The van der Waals surface area contributed by atoms with E-state index in [2.05, 4.69) is 55.3 Å². The fourth-order valence-corrected chi connectivity index (χ4v) is 2.89. The third kappa shape index (κ3) is 3.80. The molecule has 1 heterocycles. The van der Waals surface area contributed by atoms with Crippen molar-refractivity contribution >= 4 is 10.9 Å². The van der Waals surface area contributed by atoms with Crippen LogP contribution in [0.1, 0.15) is 45.2 Å². The molecule has 1 aromatic carbocycles. The van der Waals surface area contributed by atoms with Crippen LogP contribution in [0.3, 0.4) is 0 Å². The quantitative estimate of drug-likeness (QED) is 0.793. The Bertz CT molecular complexity index is 544. The van der Waals surface area contributed by atoms with Gasteiger partial charge in [0.1, 0.15) is 0 Å². The van der Waals surface area contributed by atoms with E-state index in [-0.39, 0.29) is 12.1 Å². The van der Waals surface area contributed by atoms with Gasteiger partial charge in [-0.3, -0.25) is 4.98 Å². The maximum atomic E-state index is 6.01. The van der Waals surface area contributed by atoms with Crippen molar-refractivity contribution in [2.75, 3.05) is 13.2 Å². The smallest absolute Gasteiger partial charge is 0.0770 e. The first-order valence-electron chi connectivity index (χ1n) is 8.00. The van der Waals surface area contributed by atoms with Gasteiger partial charge < -0.3 is 10.1 Å². The minimum atomic E-state index is 0.188. The Kier molecular flexibility index (Phi) is 6.15. The third-order valence-corrected chi connectivity index (χ3v) is 3.75. The second-order valence-corrected chi connectivity index (χ2v) is 5.24. The zero-order valence-electron chi connectivity index (χ0n) is 13.3. The van der Waals surface area contributed by atoms with Gasteiger partial charge in [0.05, 0.1) is 17.7 Å². The van der Waals surface area contributed by atoms with Gasteiger partial charge in [-0.25, -0.2) is 0 Å². The van der Waals surface area contributed by atoms with Crippen LogP contribution in [-0.2, 0) is 4.74 Å². The summed E-state index contributed by atoms with van der Waals surface area (Å²) in [5.41, 5.74) is 2.31. The average Bonchev–Trinajstić information content (AvgIpc) is 2.52. The van der Waals surface area contributed by atoms with Gasteiger partial charge in [-0.2, -0.15) is 0 Å². The number of aromatic nitrogens is 1. The number of fused-ring (bicyclic) bond motifs is 1. The molecule has 2 unspecified atom stereocenters. The minimum Gasteiger partial charge on any atom is -0.377 e. The number of rotatable bonds is 8. The zero-order valence-corrected chi connectivity index (χ0v) is 13.3. The molecule has 0 radical (unpaired) electrons. The zero-order chi connectivity index (χ0) is 15.1. The average molecular weight is 286 g/mol. The second kappa shape index (κ2) is 8.11. The number of pyridine rings is 1. The SMILES string of the molecule is CCCC(OCC)C(NCC)c1cccc2cccnc12. The Morgan fingerprint density at radius 2 is 1.95 bits per heavy atom. The highest BCUT2D eigenvalue weighted by atomic mass is 16.5. The van der Waals surface area contributed by atoms with Crippen LogP contribution in [0, 0.1) is 0 Å². The van der Waals surface area contributed by atoms with Gasteiger partial charge in [0.2, 0.25) is 0 Å². The Morgan fingerprint density at radius 3 is 2.67 bits per heavy atom. The van der Waals surface area contributed by atoms with Gasteiger partial charge in [-0.15, -0.1) is 0 Å². The molecule has 3 nitrogen and oxygen atoms in total. The van der Waals surface area contributed by atoms with Crippen LogP contribution < -0.4 is 5.32 Å². The van der Waals surface area contributed by atoms with E-state index >= 15 is 0 Å². The number of likely N-dealkylation sites (N-methyl/N-ethyl adjacent to an activating group) is 1. The highest BCUT2D eigenvalue weighted by Crippen LogP contribution is 2.28. The van der Waals surface area contributed by atoms with E-state index < -0.39 is 0 Å². The maximum absolute atomic E-state index is 6.01. The Morgan fingerprint density at radius 1 is 1.14 bits per heavy atom. The van der Waals surface area contributed by atoms with Crippen LogP contribution >= 0.6 is 0 Å². The lowest BCUT2D eigenvalue weighted by molar-refractivity contribution is 0.0283. The van der Waals surface area contributed by atoms with E-state index in [0.29, 0.717) is 0 Å². The second-order valence-electron chi connectivity index (χ2n) is 5.24. The van der Waals surface area contributed by atoms with Gasteiger partial charge >= 0.3 is 0 Å². The lowest BCUT2D eigenvalue weighted by Crippen LogP contribution is -2.34. The van der Waals surface area contributed by atoms with Crippen LogP contribution in [0.5, 0.6) is 0 Å². The first kappa shape index (κ1) is 15.9. The highest BCUT2D eigenvalue weighted by Gasteiger charge is 2.24. The molecule has 0 fully saturated rings. The predicted molar refractivity (Wildman–Crippen MR) is 88.5 cm³/mol. The minimum absolute atomic E-state index is 0.188. The van der Waals surface area contributed by atoms with Crippen molar-refractivity contribution in [1.29, 1.82) is 0 Å². The maximum Gasteiger partial charge on any atom is 0.0770 e. The summed E-state index contributed by atoms with van der Waals surface area (Å²) in [5, 5.41) is 4.78. The van der Waals surface area contributed by atoms with Crippen LogP contribution in [-0.4, -0.2) is 24.2 Å². The summed E-state index contributed by atoms with van der Waals surface area (Å²) in [6, 6.07) is 10.7. The normalized spacial score (nSPS) is 14.2. The van der Waals surface area contributed by atoms with Crippen molar-refractivity contribution in [2.24, 2.45) is 0 Å². The molecule has 2 atom stereocenters. The highest BCUT2D eigenvalue weighted by molar-refractivity contribution is 5.82. The number of hydrogen-bond acceptors (Lipinski definition) is 3. The predicted octanol–water partition coefficient (Wildman–Crippen LogP) is 4.09. The molecule has 0 aliphatic heterocycles. The number of benzene rings is 1. The summed E-state index contributed by atoms with van der Waals surface area (Å²) in [6.45, 7) is 8.07. The molecule has 0 aliphatic rings. The number of nitrogens with zero attached hydrogens (tertiary/aromatic N) is 1. The van der Waals surface area contributed by atoms with Crippen LogP contribution in [0.25, 0.3) is 10.9 Å². The fourth-order valence-electron chi connectivity index (χ4n) is 2.89. The van der Waals surface area contributed by atoms with Crippen molar-refractivity contribution in [3.63, 3.8) is 0 Å². The summed E-state index contributed by atoms with van der Waals surface area (Å²) in [4.78, 5) is 4.59. The molecule has 114 valence electrons. The molecule has 0 saturated heterocycles. The molecule has 2 rings (SSSR count). The van der Waals surface area contributed by atoms with Crippen molar-refractivity contribution < 1.29 is 4.74 Å². The summed E-state index contributed by atoms with van der Waals surface area (Å²) in [5.74, 6) is 0. The number of para-hydroxylation sites is 1. The molecule has 21 heavy (non-hydrogen) atoms. The number of ether oxygens (including phenoxy) is 1. The summed E-state index contributed by atoms with van der Waals surface area (Å²) in [6.07, 6.45) is 4.22. The standard InChI is InChI=1S/C18H26N2O/c1-4-9-16(21-6-3)18(19-5-2)15-12-7-10-14-11-8-13-20-17(14)15/h7-8,10-13,16,18-19H,4-6,9H2,1-3H3. The van der Waals surface area contributed by atoms with Gasteiger partial charge in [0.25, 0.3) is 0 Å². The molecule has 0 spiro atoms. The van der Waals surface area contributed by atoms with Crippen molar-refractivity contribution in [3.8, 4) is 0 Å². The van der Waals surface area contributed by atoms with Crippen molar-refractivity contribution in [3.05, 3.63) is 42.1 Å². The Balaban J connectivity index is 2.43. The summed E-state index contributed by atoms with van der Waals surface area (Å²) < 4.78 is 6.01. The van der Waals surface area contributed by atoms with Crippen LogP contribution in [0.2, 0.25) is 0 Å². The number of nitrogens with one attached hydrogen (secondary N) is 1. The van der Waals surface area contributed by atoms with E-state index in [1.165, 1.54) is 10.9 Å².